The minimum absolute atomic E-state index is 0. The van der Waals surface area contributed by atoms with Gasteiger partial charge >= 0.3 is 0 Å². The number of halogens is 1. The summed E-state index contributed by atoms with van der Waals surface area (Å²) in [7, 11) is 0. The number of rotatable bonds is 4. The maximum Gasteiger partial charge on any atom is 0.271 e. The van der Waals surface area contributed by atoms with Crippen LogP contribution in [0.2, 0.25) is 0 Å². The van der Waals surface area contributed by atoms with Gasteiger partial charge in [-0.15, -0.1) is 12.4 Å². The average molecular weight is 318 g/mol. The first kappa shape index (κ1) is 17.2. The molecule has 0 aliphatic carbocycles. The summed E-state index contributed by atoms with van der Waals surface area (Å²) in [6.07, 6.45) is -0.112. The number of nitrogens with one attached hydrogen (secondary N) is 2. The normalized spacial score (nSPS) is 17.6. The van der Waals surface area contributed by atoms with Crippen molar-refractivity contribution in [1.29, 1.82) is 0 Å². The van der Waals surface area contributed by atoms with Crippen LogP contribution in [0.3, 0.4) is 0 Å². The van der Waals surface area contributed by atoms with E-state index in [0.717, 1.165) is 12.6 Å². The molecule has 1 aliphatic rings. The Morgan fingerprint density at radius 1 is 1.57 bits per heavy atom. The number of benzene rings is 1. The van der Waals surface area contributed by atoms with Gasteiger partial charge < -0.3 is 20.5 Å². The van der Waals surface area contributed by atoms with Gasteiger partial charge in [-0.25, -0.2) is 0 Å². The van der Waals surface area contributed by atoms with Gasteiger partial charge in [-0.05, 0) is 6.07 Å². The van der Waals surface area contributed by atoms with Gasteiger partial charge in [-0.1, -0.05) is 0 Å². The number of anilines is 1. The number of phenols is 1. The second-order valence-corrected chi connectivity index (χ2v) is 4.41. The van der Waals surface area contributed by atoms with Crippen molar-refractivity contribution in [2.24, 2.45) is 0 Å². The lowest BCUT2D eigenvalue weighted by Gasteiger charge is -2.23. The van der Waals surface area contributed by atoms with Crippen LogP contribution in [0.25, 0.3) is 0 Å². The smallest absolute Gasteiger partial charge is 0.271 e. The number of aromatic hydroxyl groups is 1. The molecule has 0 saturated carbocycles. The molecule has 3 N–H and O–H groups in total. The van der Waals surface area contributed by atoms with E-state index in [1.807, 2.05) is 0 Å². The second-order valence-electron chi connectivity index (χ2n) is 4.41. The molecule has 1 atom stereocenters. The zero-order valence-corrected chi connectivity index (χ0v) is 11.9. The van der Waals surface area contributed by atoms with Crippen LogP contribution in [0.4, 0.5) is 11.4 Å². The van der Waals surface area contributed by atoms with E-state index in [-0.39, 0.29) is 48.0 Å². The third-order valence-electron chi connectivity index (χ3n) is 2.88. The van der Waals surface area contributed by atoms with Crippen LogP contribution in [-0.2, 0) is 9.53 Å². The van der Waals surface area contributed by atoms with Crippen molar-refractivity contribution >= 4 is 29.7 Å². The van der Waals surface area contributed by atoms with E-state index in [2.05, 4.69) is 10.6 Å². The summed E-state index contributed by atoms with van der Waals surface area (Å²) < 4.78 is 5.38. The second kappa shape index (κ2) is 7.77. The Bertz CT molecular complexity index is 520. The molecule has 0 bridgehead atoms. The zero-order chi connectivity index (χ0) is 14.5. The van der Waals surface area contributed by atoms with E-state index in [0.29, 0.717) is 13.2 Å². The van der Waals surface area contributed by atoms with Crippen molar-refractivity contribution in [3.63, 3.8) is 0 Å². The van der Waals surface area contributed by atoms with Crippen molar-refractivity contribution in [3.8, 4) is 5.75 Å². The van der Waals surface area contributed by atoms with E-state index < -0.39 is 4.92 Å². The maximum absolute atomic E-state index is 11.8. The maximum atomic E-state index is 11.8. The number of nitro groups is 1. The van der Waals surface area contributed by atoms with Gasteiger partial charge in [0.1, 0.15) is 5.75 Å². The van der Waals surface area contributed by atoms with Crippen LogP contribution < -0.4 is 10.6 Å². The number of hydrogen-bond acceptors (Lipinski definition) is 6. The zero-order valence-electron chi connectivity index (χ0n) is 11.1. The molecule has 1 amide bonds. The molecular formula is C12H16ClN3O5. The van der Waals surface area contributed by atoms with Crippen LogP contribution in [0.1, 0.15) is 6.42 Å². The summed E-state index contributed by atoms with van der Waals surface area (Å²) in [4.78, 5) is 21.9. The molecule has 8 nitrogen and oxygen atoms in total. The minimum atomic E-state index is -0.594. The van der Waals surface area contributed by atoms with Crippen LogP contribution >= 0.6 is 12.4 Å². The summed E-state index contributed by atoms with van der Waals surface area (Å²) in [5, 5.41) is 25.8. The number of ether oxygens (including phenoxy) is 1. The fraction of sp³-hybridized carbons (Fsp3) is 0.417. The molecule has 1 fully saturated rings. The van der Waals surface area contributed by atoms with Crippen molar-refractivity contribution < 1.29 is 19.6 Å². The lowest BCUT2D eigenvalue weighted by Crippen LogP contribution is -2.40. The lowest BCUT2D eigenvalue weighted by molar-refractivity contribution is -0.384. The molecule has 1 unspecified atom stereocenters. The summed E-state index contributed by atoms with van der Waals surface area (Å²) in [5.41, 5.74) is -0.179. The first-order valence-corrected chi connectivity index (χ1v) is 6.16. The van der Waals surface area contributed by atoms with E-state index >= 15 is 0 Å². The molecule has 1 aromatic carbocycles. The first-order chi connectivity index (χ1) is 9.56. The molecular weight excluding hydrogens is 302 g/mol. The Labute approximate surface area is 127 Å². The Morgan fingerprint density at radius 3 is 2.95 bits per heavy atom. The van der Waals surface area contributed by atoms with Crippen LogP contribution in [0, 0.1) is 10.1 Å². The predicted molar refractivity (Wildman–Crippen MR) is 77.9 cm³/mol. The van der Waals surface area contributed by atoms with E-state index in [4.69, 9.17) is 4.74 Å². The Kier molecular flexibility index (Phi) is 6.35. The molecule has 0 aromatic heterocycles. The number of carbonyl (C=O) groups excluding carboxylic acids is 1. The topological polar surface area (TPSA) is 114 Å². The van der Waals surface area contributed by atoms with Crippen LogP contribution in [0.15, 0.2) is 18.2 Å². The van der Waals surface area contributed by atoms with Gasteiger partial charge in [0, 0.05) is 25.2 Å². The molecule has 1 heterocycles. The highest BCUT2D eigenvalue weighted by molar-refractivity contribution is 5.92. The Balaban J connectivity index is 0.00000220. The molecule has 0 radical (unpaired) electrons. The van der Waals surface area contributed by atoms with Gasteiger partial charge in [0.25, 0.3) is 5.69 Å². The van der Waals surface area contributed by atoms with Gasteiger partial charge in [0.15, 0.2) is 0 Å². The monoisotopic (exact) mass is 317 g/mol. The molecule has 0 spiro atoms. The lowest BCUT2D eigenvalue weighted by atomic mass is 10.2. The fourth-order valence-corrected chi connectivity index (χ4v) is 1.90. The molecule has 1 aliphatic heterocycles. The highest BCUT2D eigenvalue weighted by atomic mass is 35.5. The SMILES string of the molecule is Cl.O=C(CC1CNCCO1)Nc1cc([N+](=O)[O-])ccc1O. The summed E-state index contributed by atoms with van der Waals surface area (Å²) >= 11 is 0. The van der Waals surface area contributed by atoms with Gasteiger partial charge in [-0.2, -0.15) is 0 Å². The van der Waals surface area contributed by atoms with E-state index in [1.165, 1.54) is 12.1 Å². The standard InChI is InChI=1S/C12H15N3O5.ClH/c16-11-2-1-8(15(18)19)5-10(11)14-12(17)6-9-7-13-3-4-20-9;/h1-2,5,9,13,16H,3-4,6-7H2,(H,14,17);1H. The number of nitro benzene ring substituents is 1. The Morgan fingerprint density at radius 2 is 2.33 bits per heavy atom. The largest absolute Gasteiger partial charge is 0.506 e. The van der Waals surface area contributed by atoms with Crippen LogP contribution in [-0.4, -0.2) is 41.7 Å². The number of nitrogens with zero attached hydrogens (tertiary/aromatic N) is 1. The van der Waals surface area contributed by atoms with E-state index in [1.54, 1.807) is 0 Å². The third-order valence-corrected chi connectivity index (χ3v) is 2.88. The van der Waals surface area contributed by atoms with Crippen molar-refractivity contribution in [2.45, 2.75) is 12.5 Å². The molecule has 1 saturated heterocycles. The number of amides is 1. The van der Waals surface area contributed by atoms with Gasteiger partial charge in [0.05, 0.1) is 29.7 Å². The molecule has 2 rings (SSSR count). The minimum Gasteiger partial charge on any atom is -0.506 e. The predicted octanol–water partition coefficient (Wildman–Crippen LogP) is 1.04. The highest BCUT2D eigenvalue weighted by Crippen LogP contribution is 2.27. The van der Waals surface area contributed by atoms with E-state index in [9.17, 15) is 20.0 Å². The summed E-state index contributed by atoms with van der Waals surface area (Å²) in [6.45, 7) is 1.87. The number of carbonyl (C=O) groups is 1. The molecule has 1 aromatic rings. The number of phenolic OH excluding ortho intramolecular Hbond substituents is 1. The van der Waals surface area contributed by atoms with Crippen molar-refractivity contribution in [1.82, 2.24) is 5.32 Å². The summed E-state index contributed by atoms with van der Waals surface area (Å²) in [5.74, 6) is -0.582. The summed E-state index contributed by atoms with van der Waals surface area (Å²) in [6, 6.07) is 3.46. The number of morpholine rings is 1. The first-order valence-electron chi connectivity index (χ1n) is 6.16. The van der Waals surface area contributed by atoms with Crippen molar-refractivity contribution in [2.75, 3.05) is 25.0 Å². The van der Waals surface area contributed by atoms with Gasteiger partial charge in [0.2, 0.25) is 5.91 Å². The van der Waals surface area contributed by atoms with Gasteiger partial charge in [-0.3, -0.25) is 14.9 Å². The fourth-order valence-electron chi connectivity index (χ4n) is 1.90. The van der Waals surface area contributed by atoms with Crippen molar-refractivity contribution in [3.05, 3.63) is 28.3 Å². The molecule has 9 heteroatoms. The Hall–Kier alpha value is -1.90. The third kappa shape index (κ3) is 4.85. The number of hydrogen-bond donors (Lipinski definition) is 3. The highest BCUT2D eigenvalue weighted by Gasteiger charge is 2.19. The quantitative estimate of drug-likeness (QED) is 0.434. The molecule has 21 heavy (non-hydrogen) atoms. The average Bonchev–Trinajstić information content (AvgIpc) is 2.42. The van der Waals surface area contributed by atoms with Crippen LogP contribution in [0.5, 0.6) is 5.75 Å². The molecule has 116 valence electrons. The number of non-ortho nitro benzene ring substituents is 1.